The zero-order valence-electron chi connectivity index (χ0n) is 19.6. The van der Waals surface area contributed by atoms with Gasteiger partial charge in [-0.05, 0) is 48.5 Å². The number of likely N-dealkylation sites (tertiary alicyclic amines) is 1. The van der Waals surface area contributed by atoms with Gasteiger partial charge in [-0.25, -0.2) is 0 Å². The smallest absolute Gasteiger partial charge is 0.241 e. The van der Waals surface area contributed by atoms with Crippen LogP contribution in [0.1, 0.15) is 24.3 Å². The van der Waals surface area contributed by atoms with E-state index in [1.54, 1.807) is 11.3 Å². The van der Waals surface area contributed by atoms with Crippen molar-refractivity contribution < 1.29 is 18.8 Å². The van der Waals surface area contributed by atoms with Crippen LogP contribution in [-0.4, -0.2) is 76.8 Å². The van der Waals surface area contributed by atoms with Gasteiger partial charge in [0.25, 0.3) is 0 Å². The fraction of sp³-hybridized carbons (Fsp3) is 0.480. The Hall–Kier alpha value is -2.95. The van der Waals surface area contributed by atoms with Crippen LogP contribution in [0.2, 0.25) is 0 Å². The molecule has 5 heterocycles. The number of carbonyl (C=O) groups excluding carboxylic acids is 1. The molecule has 3 aliphatic rings. The predicted octanol–water partition coefficient (Wildman–Crippen LogP) is 3.08. The van der Waals surface area contributed by atoms with E-state index in [2.05, 4.69) is 32.1 Å². The van der Waals surface area contributed by atoms with E-state index in [0.717, 1.165) is 75.0 Å². The van der Waals surface area contributed by atoms with E-state index in [1.165, 1.54) is 5.56 Å². The molecule has 1 amide bonds. The summed E-state index contributed by atoms with van der Waals surface area (Å²) in [5, 5.41) is 6.11. The lowest BCUT2D eigenvalue weighted by molar-refractivity contribution is -0.139. The topological polar surface area (TPSA) is 84.2 Å². The summed E-state index contributed by atoms with van der Waals surface area (Å²) >= 11 is 1.60. The molecule has 0 aliphatic carbocycles. The number of hydrogen-bond donors (Lipinski definition) is 0. The normalized spacial score (nSPS) is 20.9. The summed E-state index contributed by atoms with van der Waals surface area (Å²) in [6.45, 7) is 6.73. The third-order valence-electron chi connectivity index (χ3n) is 6.95. The number of thiophene rings is 1. The molecule has 3 aliphatic heterocycles. The predicted molar refractivity (Wildman–Crippen MR) is 130 cm³/mol. The van der Waals surface area contributed by atoms with Crippen LogP contribution in [0.15, 0.2) is 40.2 Å². The highest BCUT2D eigenvalue weighted by Crippen LogP contribution is 2.33. The summed E-state index contributed by atoms with van der Waals surface area (Å²) in [4.78, 5) is 25.6. The highest BCUT2D eigenvalue weighted by Gasteiger charge is 2.31. The molecule has 184 valence electrons. The molecule has 2 aromatic heterocycles. The van der Waals surface area contributed by atoms with Crippen LogP contribution in [0, 0.1) is 5.92 Å². The van der Waals surface area contributed by atoms with Crippen molar-refractivity contribution in [3.63, 3.8) is 0 Å². The Kier molecular flexibility index (Phi) is 6.41. The third-order valence-corrected chi connectivity index (χ3v) is 7.82. The maximum atomic E-state index is 13.3. The molecule has 9 nitrogen and oxygen atoms in total. The number of piperazine rings is 1. The van der Waals surface area contributed by atoms with Crippen molar-refractivity contribution in [2.24, 2.45) is 5.92 Å². The van der Waals surface area contributed by atoms with Crippen molar-refractivity contribution in [2.45, 2.75) is 25.9 Å². The van der Waals surface area contributed by atoms with E-state index in [4.69, 9.17) is 14.0 Å². The first-order valence-electron chi connectivity index (χ1n) is 12.2. The SMILES string of the molecule is O=C(C1CCCN(Cc2nc(-c3cccs3)no2)C1)N1CCN(Cc2ccc3c(c2)OCO3)CC1. The van der Waals surface area contributed by atoms with Crippen LogP contribution in [0.5, 0.6) is 11.5 Å². The van der Waals surface area contributed by atoms with Crippen molar-refractivity contribution in [2.75, 3.05) is 46.1 Å². The van der Waals surface area contributed by atoms with Crippen molar-refractivity contribution in [1.29, 1.82) is 0 Å². The highest BCUT2D eigenvalue weighted by atomic mass is 32.1. The van der Waals surface area contributed by atoms with E-state index in [9.17, 15) is 4.79 Å². The van der Waals surface area contributed by atoms with Crippen molar-refractivity contribution in [1.82, 2.24) is 24.8 Å². The van der Waals surface area contributed by atoms with Crippen molar-refractivity contribution in [3.05, 3.63) is 47.2 Å². The lowest BCUT2D eigenvalue weighted by Gasteiger charge is -2.38. The van der Waals surface area contributed by atoms with Gasteiger partial charge in [-0.3, -0.25) is 14.6 Å². The Morgan fingerprint density at radius 2 is 1.91 bits per heavy atom. The third kappa shape index (κ3) is 5.05. The van der Waals surface area contributed by atoms with Crippen LogP contribution in [-0.2, 0) is 17.9 Å². The van der Waals surface area contributed by atoms with Crippen molar-refractivity contribution in [3.8, 4) is 22.2 Å². The standard InChI is InChI=1S/C25H29N5O4S/c31-25(30-10-8-28(9-11-30)14-18-5-6-20-21(13-18)33-17-32-20)19-3-1-7-29(15-19)16-23-26-24(27-34-23)22-4-2-12-35-22/h2,4-6,12-13,19H,1,3,7-11,14-17H2. The molecule has 1 atom stereocenters. The summed E-state index contributed by atoms with van der Waals surface area (Å²) in [5.41, 5.74) is 1.21. The van der Waals surface area contributed by atoms with Gasteiger partial charge >= 0.3 is 0 Å². The van der Waals surface area contributed by atoms with Crippen LogP contribution in [0.3, 0.4) is 0 Å². The maximum Gasteiger partial charge on any atom is 0.241 e. The molecule has 10 heteroatoms. The number of ether oxygens (including phenoxy) is 2. The number of nitrogens with zero attached hydrogens (tertiary/aromatic N) is 5. The van der Waals surface area contributed by atoms with E-state index in [-0.39, 0.29) is 11.8 Å². The Morgan fingerprint density at radius 1 is 1.03 bits per heavy atom. The van der Waals surface area contributed by atoms with Gasteiger partial charge in [0.05, 0.1) is 17.3 Å². The number of hydrogen-bond acceptors (Lipinski definition) is 9. The largest absolute Gasteiger partial charge is 0.454 e. The van der Waals surface area contributed by atoms with Gasteiger partial charge < -0.3 is 18.9 Å². The Labute approximate surface area is 208 Å². The molecular formula is C25H29N5O4S. The average Bonchev–Trinajstić information content (AvgIpc) is 3.66. The molecule has 35 heavy (non-hydrogen) atoms. The summed E-state index contributed by atoms with van der Waals surface area (Å²) < 4.78 is 16.4. The van der Waals surface area contributed by atoms with E-state index < -0.39 is 0 Å². The fourth-order valence-electron chi connectivity index (χ4n) is 5.10. The minimum Gasteiger partial charge on any atom is -0.454 e. The molecule has 3 aromatic rings. The summed E-state index contributed by atoms with van der Waals surface area (Å²) in [6.07, 6.45) is 1.95. The molecule has 2 saturated heterocycles. The quantitative estimate of drug-likeness (QED) is 0.516. The van der Waals surface area contributed by atoms with Crippen molar-refractivity contribution >= 4 is 17.2 Å². The molecular weight excluding hydrogens is 466 g/mol. The van der Waals surface area contributed by atoms with E-state index in [1.807, 2.05) is 28.5 Å². The van der Waals surface area contributed by atoms with Crippen LogP contribution < -0.4 is 9.47 Å². The van der Waals surface area contributed by atoms with Gasteiger partial charge in [0.1, 0.15) is 0 Å². The highest BCUT2D eigenvalue weighted by molar-refractivity contribution is 7.13. The number of aromatic nitrogens is 2. The summed E-state index contributed by atoms with van der Waals surface area (Å²) in [7, 11) is 0. The molecule has 1 aromatic carbocycles. The molecule has 0 N–H and O–H groups in total. The lowest BCUT2D eigenvalue weighted by Crippen LogP contribution is -2.52. The second kappa shape index (κ2) is 9.96. The number of carbonyl (C=O) groups is 1. The number of amides is 1. The van der Waals surface area contributed by atoms with E-state index >= 15 is 0 Å². The second-order valence-corrected chi connectivity index (χ2v) is 10.3. The van der Waals surface area contributed by atoms with Gasteiger partial charge in [-0.2, -0.15) is 4.98 Å². The van der Waals surface area contributed by atoms with Crippen LogP contribution in [0.4, 0.5) is 0 Å². The molecule has 2 fully saturated rings. The van der Waals surface area contributed by atoms with Gasteiger partial charge in [0.15, 0.2) is 11.5 Å². The zero-order chi connectivity index (χ0) is 23.6. The fourth-order valence-corrected chi connectivity index (χ4v) is 5.75. The monoisotopic (exact) mass is 495 g/mol. The second-order valence-electron chi connectivity index (χ2n) is 9.35. The lowest BCUT2D eigenvalue weighted by atomic mass is 9.96. The minimum atomic E-state index is 0.0313. The van der Waals surface area contributed by atoms with Gasteiger partial charge in [0, 0.05) is 39.3 Å². The molecule has 0 spiro atoms. The summed E-state index contributed by atoms with van der Waals surface area (Å²) in [6, 6.07) is 10.1. The van der Waals surface area contributed by atoms with Crippen LogP contribution >= 0.6 is 11.3 Å². The molecule has 6 rings (SSSR count). The molecule has 0 radical (unpaired) electrons. The number of benzene rings is 1. The Bertz CT molecular complexity index is 1160. The van der Waals surface area contributed by atoms with Gasteiger partial charge in [0.2, 0.25) is 24.4 Å². The average molecular weight is 496 g/mol. The first-order chi connectivity index (χ1) is 17.2. The molecule has 1 unspecified atom stereocenters. The Balaban J connectivity index is 0.994. The molecule has 0 saturated carbocycles. The summed E-state index contributed by atoms with van der Waals surface area (Å²) in [5.74, 6) is 3.19. The minimum absolute atomic E-state index is 0.0313. The first kappa shape index (κ1) is 22.5. The number of piperidine rings is 1. The molecule has 0 bridgehead atoms. The maximum absolute atomic E-state index is 13.3. The Morgan fingerprint density at radius 3 is 2.77 bits per heavy atom. The number of fused-ring (bicyclic) bond motifs is 1. The van der Waals surface area contributed by atoms with E-state index in [0.29, 0.717) is 25.1 Å². The zero-order valence-corrected chi connectivity index (χ0v) is 20.4. The first-order valence-corrected chi connectivity index (χ1v) is 13.1. The van der Waals surface area contributed by atoms with Crippen LogP contribution in [0.25, 0.3) is 10.7 Å². The van der Waals surface area contributed by atoms with Gasteiger partial charge in [-0.1, -0.05) is 17.3 Å². The number of rotatable bonds is 6. The van der Waals surface area contributed by atoms with Gasteiger partial charge in [-0.15, -0.1) is 11.3 Å².